The highest BCUT2D eigenvalue weighted by Gasteiger charge is 2.33. The molecule has 1 aliphatic heterocycles. The van der Waals surface area contributed by atoms with E-state index in [1.54, 1.807) is 0 Å². The minimum atomic E-state index is -0.516. The Kier molecular flexibility index (Phi) is 8.57. The van der Waals surface area contributed by atoms with Crippen LogP contribution in [0.2, 0.25) is 5.02 Å². The molecule has 1 amide bonds. The molecule has 2 aromatic carbocycles. The molecule has 3 rings (SSSR count). The van der Waals surface area contributed by atoms with Crippen molar-refractivity contribution in [1.82, 2.24) is 13.9 Å². The summed E-state index contributed by atoms with van der Waals surface area (Å²) in [6, 6.07) is 11.7. The Morgan fingerprint density at radius 2 is 2.16 bits per heavy atom. The zero-order valence-electron chi connectivity index (χ0n) is 17.9. The molecule has 2 atom stereocenters. The zero-order valence-corrected chi connectivity index (χ0v) is 19.5. The normalized spacial score (nSPS) is 19.4. The molecule has 1 saturated heterocycles. The maximum Gasteiger partial charge on any atom is 0.242 e. The van der Waals surface area contributed by atoms with Crippen LogP contribution in [0.3, 0.4) is 0 Å². The van der Waals surface area contributed by atoms with Crippen molar-refractivity contribution in [2.75, 3.05) is 39.6 Å². The summed E-state index contributed by atoms with van der Waals surface area (Å²) in [5, 5.41) is 2.81. The van der Waals surface area contributed by atoms with Crippen molar-refractivity contribution < 1.29 is 13.9 Å². The monoisotopic (exact) mass is 466 g/mol. The molecule has 31 heavy (non-hydrogen) atoms. The van der Waals surface area contributed by atoms with Crippen molar-refractivity contribution in [3.8, 4) is 5.75 Å². The van der Waals surface area contributed by atoms with Crippen LogP contribution in [0.25, 0.3) is 0 Å². The number of benzene rings is 2. The average Bonchev–Trinajstić information content (AvgIpc) is 2.74. The number of anilines is 1. The number of hydrogen-bond acceptors (Lipinski definition) is 6. The smallest absolute Gasteiger partial charge is 0.242 e. The summed E-state index contributed by atoms with van der Waals surface area (Å²) in [6.45, 7) is 1.63. The second-order valence-corrected chi connectivity index (χ2v) is 9.16. The van der Waals surface area contributed by atoms with E-state index < -0.39 is 5.82 Å². The van der Waals surface area contributed by atoms with Crippen LogP contribution in [-0.4, -0.2) is 55.4 Å². The third kappa shape index (κ3) is 6.82. The summed E-state index contributed by atoms with van der Waals surface area (Å²) in [6.07, 6.45) is 1.53. The molecular formula is C22H28ClFN4O2S. The molecule has 168 valence electrons. The number of carbonyl (C=O) groups excluding carboxylic acids is 1. The van der Waals surface area contributed by atoms with Crippen molar-refractivity contribution in [1.29, 1.82) is 0 Å². The zero-order chi connectivity index (χ0) is 22.4. The van der Waals surface area contributed by atoms with Crippen LogP contribution in [0.4, 0.5) is 10.1 Å². The standard InChI is InChI=1S/C22H28ClFN4O2S/c1-27(2)10-5-11-30-17-7-4-6-15(12-17)20-14-21(28(3)31-26-20)22(29)25-16-8-9-19(24)18(23)13-16/h4,6-9,12-13,20-21,26H,5,10-11,14H2,1-3H3,(H,25,29). The number of halogens is 2. The number of likely N-dealkylation sites (N-methyl/N-ethyl adjacent to an activating group) is 1. The van der Waals surface area contributed by atoms with Gasteiger partial charge in [-0.05, 0) is 69.9 Å². The average molecular weight is 467 g/mol. The van der Waals surface area contributed by atoms with E-state index in [1.165, 1.54) is 30.3 Å². The highest BCUT2D eigenvalue weighted by atomic mass is 35.5. The van der Waals surface area contributed by atoms with Crippen molar-refractivity contribution in [3.05, 3.63) is 58.9 Å². The quantitative estimate of drug-likeness (QED) is 0.445. The number of nitrogens with one attached hydrogen (secondary N) is 2. The van der Waals surface area contributed by atoms with E-state index in [2.05, 4.69) is 14.9 Å². The van der Waals surface area contributed by atoms with Crippen molar-refractivity contribution in [2.24, 2.45) is 0 Å². The fourth-order valence-corrected chi connectivity index (χ4v) is 4.31. The van der Waals surface area contributed by atoms with E-state index in [4.69, 9.17) is 16.3 Å². The minimum Gasteiger partial charge on any atom is -0.494 e. The fraction of sp³-hybridized carbons (Fsp3) is 0.409. The summed E-state index contributed by atoms with van der Waals surface area (Å²) in [5.74, 6) is 0.141. The van der Waals surface area contributed by atoms with Gasteiger partial charge < -0.3 is 15.0 Å². The van der Waals surface area contributed by atoms with E-state index in [-0.39, 0.29) is 23.0 Å². The Morgan fingerprint density at radius 3 is 2.90 bits per heavy atom. The second kappa shape index (κ2) is 11.2. The van der Waals surface area contributed by atoms with E-state index in [0.717, 1.165) is 24.3 Å². The highest BCUT2D eigenvalue weighted by Crippen LogP contribution is 2.32. The first-order valence-corrected chi connectivity index (χ1v) is 11.3. The molecule has 2 aromatic rings. The molecule has 2 N–H and O–H groups in total. The number of hydrogen-bond donors (Lipinski definition) is 2. The van der Waals surface area contributed by atoms with Gasteiger partial charge in [0.1, 0.15) is 17.6 Å². The summed E-state index contributed by atoms with van der Waals surface area (Å²) in [4.78, 5) is 15.0. The predicted octanol–water partition coefficient (Wildman–Crippen LogP) is 4.35. The van der Waals surface area contributed by atoms with Gasteiger partial charge in [0.05, 0.1) is 11.6 Å². The van der Waals surface area contributed by atoms with Crippen LogP contribution in [-0.2, 0) is 4.79 Å². The van der Waals surface area contributed by atoms with Gasteiger partial charge in [-0.25, -0.2) is 13.4 Å². The van der Waals surface area contributed by atoms with Crippen molar-refractivity contribution >= 4 is 35.3 Å². The van der Waals surface area contributed by atoms with Crippen LogP contribution in [0.5, 0.6) is 5.75 Å². The van der Waals surface area contributed by atoms with Gasteiger partial charge in [-0.1, -0.05) is 23.7 Å². The molecular weight excluding hydrogens is 439 g/mol. The maximum atomic E-state index is 13.4. The van der Waals surface area contributed by atoms with Crippen LogP contribution in [0, 0.1) is 5.82 Å². The number of carbonyl (C=O) groups is 1. The summed E-state index contributed by atoms with van der Waals surface area (Å²) in [7, 11) is 5.95. The lowest BCUT2D eigenvalue weighted by Gasteiger charge is -2.35. The lowest BCUT2D eigenvalue weighted by molar-refractivity contribution is -0.119. The molecule has 9 heteroatoms. The van der Waals surface area contributed by atoms with Gasteiger partial charge in [-0.15, -0.1) is 0 Å². The summed E-state index contributed by atoms with van der Waals surface area (Å²) >= 11 is 7.22. The molecule has 1 aliphatic rings. The van der Waals surface area contributed by atoms with Crippen LogP contribution in [0.15, 0.2) is 42.5 Å². The van der Waals surface area contributed by atoms with Crippen LogP contribution >= 0.6 is 23.7 Å². The number of rotatable bonds is 8. The first-order valence-electron chi connectivity index (χ1n) is 10.1. The first kappa shape index (κ1) is 23.8. The molecule has 1 fully saturated rings. The van der Waals surface area contributed by atoms with Gasteiger partial charge in [0.2, 0.25) is 5.91 Å². The molecule has 0 spiro atoms. The predicted molar refractivity (Wildman–Crippen MR) is 125 cm³/mol. The second-order valence-electron chi connectivity index (χ2n) is 7.76. The Balaban J connectivity index is 1.62. The fourth-order valence-electron chi connectivity index (χ4n) is 3.30. The lowest BCUT2D eigenvalue weighted by atomic mass is 9.99. The van der Waals surface area contributed by atoms with Crippen molar-refractivity contribution in [2.45, 2.75) is 24.9 Å². The Morgan fingerprint density at radius 1 is 1.35 bits per heavy atom. The van der Waals surface area contributed by atoms with Gasteiger partial charge in [-0.2, -0.15) is 0 Å². The highest BCUT2D eigenvalue weighted by molar-refractivity contribution is 7.95. The Bertz CT molecular complexity index is 902. The molecule has 0 bridgehead atoms. The third-order valence-electron chi connectivity index (χ3n) is 5.01. The van der Waals surface area contributed by atoms with E-state index >= 15 is 0 Å². The number of ether oxygens (including phenoxy) is 1. The Labute approximate surface area is 192 Å². The topological polar surface area (TPSA) is 56.8 Å². The van der Waals surface area contributed by atoms with E-state index in [9.17, 15) is 9.18 Å². The third-order valence-corrected chi connectivity index (χ3v) is 6.23. The molecule has 2 unspecified atom stereocenters. The van der Waals surface area contributed by atoms with Crippen molar-refractivity contribution in [3.63, 3.8) is 0 Å². The molecule has 1 heterocycles. The van der Waals surface area contributed by atoms with Gasteiger partial charge in [-0.3, -0.25) is 4.79 Å². The van der Waals surface area contributed by atoms with Gasteiger partial charge in [0, 0.05) is 30.4 Å². The largest absolute Gasteiger partial charge is 0.494 e. The first-order chi connectivity index (χ1) is 14.8. The number of amides is 1. The molecule has 0 radical (unpaired) electrons. The molecule has 0 saturated carbocycles. The molecule has 0 aromatic heterocycles. The summed E-state index contributed by atoms with van der Waals surface area (Å²) in [5.41, 5.74) is 1.53. The number of nitrogens with zero attached hydrogens (tertiary/aromatic N) is 2. The molecule has 0 aliphatic carbocycles. The SMILES string of the molecule is CN(C)CCCOc1cccc(C2CC(C(=O)Nc3ccc(F)c(Cl)c3)N(C)SN2)c1. The maximum absolute atomic E-state index is 13.4. The molecule has 6 nitrogen and oxygen atoms in total. The lowest BCUT2D eigenvalue weighted by Crippen LogP contribution is -2.46. The summed E-state index contributed by atoms with van der Waals surface area (Å²) < 4.78 is 24.5. The van der Waals surface area contributed by atoms with E-state index in [1.807, 2.05) is 49.7 Å². The van der Waals surface area contributed by atoms with Gasteiger partial charge in [0.25, 0.3) is 0 Å². The minimum absolute atomic E-state index is 0.0147. The van der Waals surface area contributed by atoms with Crippen LogP contribution < -0.4 is 14.8 Å². The Hall–Kier alpha value is -1.84. The van der Waals surface area contributed by atoms with Gasteiger partial charge in [0.15, 0.2) is 0 Å². The van der Waals surface area contributed by atoms with Gasteiger partial charge >= 0.3 is 0 Å². The van der Waals surface area contributed by atoms with E-state index in [0.29, 0.717) is 18.7 Å². The van der Waals surface area contributed by atoms with Crippen LogP contribution in [0.1, 0.15) is 24.4 Å².